The van der Waals surface area contributed by atoms with Crippen LogP contribution >= 0.6 is 0 Å². The zero-order chi connectivity index (χ0) is 19.9. The minimum absolute atomic E-state index is 0.134. The summed E-state index contributed by atoms with van der Waals surface area (Å²) < 4.78 is 5.07. The maximum atomic E-state index is 12.5. The van der Waals surface area contributed by atoms with E-state index in [9.17, 15) is 14.4 Å². The quantitative estimate of drug-likeness (QED) is 0.688. The highest BCUT2D eigenvalue weighted by Crippen LogP contribution is 2.16. The molecule has 0 spiro atoms. The number of anilines is 1. The van der Waals surface area contributed by atoms with Gasteiger partial charge in [0.25, 0.3) is 5.91 Å². The fourth-order valence-electron chi connectivity index (χ4n) is 3.04. The first kappa shape index (κ1) is 19.4. The zero-order valence-electron chi connectivity index (χ0n) is 15.7. The summed E-state index contributed by atoms with van der Waals surface area (Å²) in [6.07, 6.45) is 0.994. The molecule has 1 atom stereocenters. The van der Waals surface area contributed by atoms with Crippen molar-refractivity contribution in [1.29, 1.82) is 0 Å². The van der Waals surface area contributed by atoms with E-state index in [0.717, 1.165) is 5.56 Å². The van der Waals surface area contributed by atoms with Gasteiger partial charge in [-0.2, -0.15) is 0 Å². The maximum absolute atomic E-state index is 12.5. The number of nitrogens with zero attached hydrogens (tertiary/aromatic N) is 1. The van der Waals surface area contributed by atoms with Crippen LogP contribution in [0.25, 0.3) is 0 Å². The molecule has 28 heavy (non-hydrogen) atoms. The fourth-order valence-corrected chi connectivity index (χ4v) is 3.04. The number of rotatable bonds is 8. The van der Waals surface area contributed by atoms with E-state index in [-0.39, 0.29) is 24.7 Å². The third kappa shape index (κ3) is 4.88. The third-order valence-corrected chi connectivity index (χ3v) is 4.61. The number of hydrogen-bond acceptors (Lipinski definition) is 4. The van der Waals surface area contributed by atoms with Crippen LogP contribution in [0.2, 0.25) is 0 Å². The molecule has 7 heteroatoms. The summed E-state index contributed by atoms with van der Waals surface area (Å²) in [7, 11) is 1.57. The van der Waals surface area contributed by atoms with E-state index < -0.39 is 12.1 Å². The van der Waals surface area contributed by atoms with Gasteiger partial charge < -0.3 is 15.4 Å². The molecule has 3 rings (SSSR count). The molecule has 2 aromatic carbocycles. The Morgan fingerprint density at radius 3 is 2.50 bits per heavy atom. The van der Waals surface area contributed by atoms with Gasteiger partial charge in [0.1, 0.15) is 11.8 Å². The van der Waals surface area contributed by atoms with Crippen molar-refractivity contribution in [3.8, 4) is 5.75 Å². The molecule has 4 amide bonds. The summed E-state index contributed by atoms with van der Waals surface area (Å²) in [6.45, 7) is 0.323. The first-order valence-electron chi connectivity index (χ1n) is 9.16. The Morgan fingerprint density at radius 1 is 1.11 bits per heavy atom. The largest absolute Gasteiger partial charge is 0.497 e. The normalized spacial score (nSPS) is 16.0. The van der Waals surface area contributed by atoms with Gasteiger partial charge in [-0.05, 0) is 42.7 Å². The predicted molar refractivity (Wildman–Crippen MR) is 105 cm³/mol. The van der Waals surface area contributed by atoms with Crippen molar-refractivity contribution in [3.05, 3.63) is 60.2 Å². The number of benzene rings is 2. The number of amides is 4. The second-order valence-electron chi connectivity index (χ2n) is 6.54. The molecule has 1 aliphatic rings. The molecule has 0 aliphatic carbocycles. The number of imide groups is 1. The lowest BCUT2D eigenvalue weighted by Gasteiger charge is -2.13. The lowest BCUT2D eigenvalue weighted by Crippen LogP contribution is -2.33. The summed E-state index contributed by atoms with van der Waals surface area (Å²) >= 11 is 0. The molecule has 0 radical (unpaired) electrons. The van der Waals surface area contributed by atoms with Gasteiger partial charge in [-0.25, -0.2) is 4.79 Å². The highest BCUT2D eigenvalue weighted by Gasteiger charge is 2.37. The molecular weight excluding hydrogens is 358 g/mol. The topological polar surface area (TPSA) is 87.7 Å². The van der Waals surface area contributed by atoms with Gasteiger partial charge >= 0.3 is 6.03 Å². The van der Waals surface area contributed by atoms with Crippen LogP contribution in [0.15, 0.2) is 54.6 Å². The molecule has 146 valence electrons. The lowest BCUT2D eigenvalue weighted by molar-refractivity contribution is -0.127. The van der Waals surface area contributed by atoms with Crippen LogP contribution in [0.3, 0.4) is 0 Å². The SMILES string of the molecule is COc1ccc(NC(=O)CCC2NC(=O)N(CCc3ccccc3)C2=O)cc1. The zero-order valence-corrected chi connectivity index (χ0v) is 15.7. The van der Waals surface area contributed by atoms with E-state index in [4.69, 9.17) is 4.74 Å². The summed E-state index contributed by atoms with van der Waals surface area (Å²) in [4.78, 5) is 37.9. The molecule has 2 aromatic rings. The van der Waals surface area contributed by atoms with E-state index in [1.165, 1.54) is 4.90 Å². The number of nitrogens with one attached hydrogen (secondary N) is 2. The van der Waals surface area contributed by atoms with Gasteiger partial charge in [-0.1, -0.05) is 30.3 Å². The van der Waals surface area contributed by atoms with Gasteiger partial charge in [-0.3, -0.25) is 14.5 Å². The first-order chi connectivity index (χ1) is 13.6. The number of carbonyl (C=O) groups excluding carboxylic acids is 3. The van der Waals surface area contributed by atoms with Crippen molar-refractivity contribution in [2.24, 2.45) is 0 Å². The summed E-state index contributed by atoms with van der Waals surface area (Å²) in [6, 6.07) is 15.6. The van der Waals surface area contributed by atoms with E-state index in [1.54, 1.807) is 31.4 Å². The number of hydrogen-bond donors (Lipinski definition) is 2. The Kier molecular flexibility index (Phi) is 6.26. The monoisotopic (exact) mass is 381 g/mol. The molecule has 2 N–H and O–H groups in total. The average molecular weight is 381 g/mol. The van der Waals surface area contributed by atoms with Gasteiger partial charge in [0, 0.05) is 18.7 Å². The molecule has 0 bridgehead atoms. The van der Waals surface area contributed by atoms with E-state index in [0.29, 0.717) is 24.4 Å². The van der Waals surface area contributed by atoms with Crippen LogP contribution in [0.1, 0.15) is 18.4 Å². The Bertz CT molecular complexity index is 836. The summed E-state index contributed by atoms with van der Waals surface area (Å²) in [5, 5.41) is 5.43. The van der Waals surface area contributed by atoms with Crippen LogP contribution < -0.4 is 15.4 Å². The van der Waals surface area contributed by atoms with E-state index in [2.05, 4.69) is 10.6 Å². The minimum atomic E-state index is -0.662. The molecule has 1 saturated heterocycles. The second kappa shape index (κ2) is 9.03. The molecule has 1 aliphatic heterocycles. The smallest absolute Gasteiger partial charge is 0.324 e. The minimum Gasteiger partial charge on any atom is -0.497 e. The molecule has 1 unspecified atom stereocenters. The van der Waals surface area contributed by atoms with Crippen LogP contribution in [0, 0.1) is 0 Å². The van der Waals surface area contributed by atoms with Crippen LogP contribution in [-0.2, 0) is 16.0 Å². The highest BCUT2D eigenvalue weighted by molar-refractivity contribution is 6.04. The van der Waals surface area contributed by atoms with E-state index in [1.807, 2.05) is 30.3 Å². The molecule has 0 saturated carbocycles. The fraction of sp³-hybridized carbons (Fsp3) is 0.286. The van der Waals surface area contributed by atoms with Gasteiger partial charge in [0.2, 0.25) is 5.91 Å². The van der Waals surface area contributed by atoms with Crippen molar-refractivity contribution in [2.75, 3.05) is 19.0 Å². The summed E-state index contributed by atoms with van der Waals surface area (Å²) in [5.74, 6) is 0.209. The van der Waals surface area contributed by atoms with Crippen LogP contribution in [-0.4, -0.2) is 42.4 Å². The Morgan fingerprint density at radius 2 is 1.82 bits per heavy atom. The predicted octanol–water partition coefficient (Wildman–Crippen LogP) is 2.58. The van der Waals surface area contributed by atoms with Crippen molar-refractivity contribution in [2.45, 2.75) is 25.3 Å². The average Bonchev–Trinajstić information content (AvgIpc) is 2.99. The van der Waals surface area contributed by atoms with Crippen molar-refractivity contribution < 1.29 is 19.1 Å². The van der Waals surface area contributed by atoms with E-state index >= 15 is 0 Å². The van der Waals surface area contributed by atoms with Crippen molar-refractivity contribution >= 4 is 23.5 Å². The molecule has 0 aromatic heterocycles. The number of carbonyl (C=O) groups is 3. The van der Waals surface area contributed by atoms with Gasteiger partial charge in [0.05, 0.1) is 7.11 Å². The van der Waals surface area contributed by atoms with Crippen molar-refractivity contribution in [3.63, 3.8) is 0 Å². The lowest BCUT2D eigenvalue weighted by atomic mass is 10.1. The maximum Gasteiger partial charge on any atom is 0.324 e. The van der Waals surface area contributed by atoms with Crippen LogP contribution in [0.4, 0.5) is 10.5 Å². The molecule has 1 heterocycles. The van der Waals surface area contributed by atoms with Crippen molar-refractivity contribution in [1.82, 2.24) is 10.2 Å². The summed E-state index contributed by atoms with van der Waals surface area (Å²) in [5.41, 5.74) is 1.71. The number of ether oxygens (including phenoxy) is 1. The third-order valence-electron chi connectivity index (χ3n) is 4.61. The molecule has 1 fully saturated rings. The van der Waals surface area contributed by atoms with Gasteiger partial charge in [0.15, 0.2) is 0 Å². The Balaban J connectivity index is 1.47. The van der Waals surface area contributed by atoms with Gasteiger partial charge in [-0.15, -0.1) is 0 Å². The molecular formula is C21H23N3O4. The number of urea groups is 1. The highest BCUT2D eigenvalue weighted by atomic mass is 16.5. The molecule has 7 nitrogen and oxygen atoms in total. The Labute approximate surface area is 163 Å². The van der Waals surface area contributed by atoms with Crippen LogP contribution in [0.5, 0.6) is 5.75 Å². The number of methoxy groups -OCH3 is 1. The second-order valence-corrected chi connectivity index (χ2v) is 6.54. The standard InChI is InChI=1S/C21H23N3O4/c1-28-17-9-7-16(8-10-17)22-19(25)12-11-18-20(26)24(21(27)23-18)14-13-15-5-3-2-4-6-15/h2-10,18H,11-14H2,1H3,(H,22,25)(H,23,27). The first-order valence-corrected chi connectivity index (χ1v) is 9.16. The Hall–Kier alpha value is -3.35.